The molecule has 1 atom stereocenters. The Kier molecular flexibility index (Phi) is 7.47. The van der Waals surface area contributed by atoms with Gasteiger partial charge in [-0.25, -0.2) is 8.42 Å². The third-order valence-electron chi connectivity index (χ3n) is 5.21. The summed E-state index contributed by atoms with van der Waals surface area (Å²) in [6.07, 6.45) is 0. The number of nitrogens with one attached hydrogen (secondary N) is 1. The molecular formula is C22H29N3O4S. The Hall–Kier alpha value is -2.42. The molecule has 7 nitrogen and oxygen atoms in total. The van der Waals surface area contributed by atoms with E-state index in [-0.39, 0.29) is 11.7 Å². The molecule has 0 spiro atoms. The molecule has 8 heteroatoms. The van der Waals surface area contributed by atoms with E-state index < -0.39 is 16.1 Å². The molecule has 0 radical (unpaired) electrons. The summed E-state index contributed by atoms with van der Waals surface area (Å²) in [6, 6.07) is 16.4. The summed E-state index contributed by atoms with van der Waals surface area (Å²) in [7, 11) is -3.23. The van der Waals surface area contributed by atoms with Crippen molar-refractivity contribution in [1.29, 1.82) is 0 Å². The molecule has 0 aliphatic carbocycles. The molecule has 30 heavy (non-hydrogen) atoms. The zero-order valence-electron chi connectivity index (χ0n) is 17.5. The van der Waals surface area contributed by atoms with Crippen LogP contribution in [0.4, 0.5) is 5.69 Å². The van der Waals surface area contributed by atoms with Crippen LogP contribution in [0.2, 0.25) is 0 Å². The smallest absolute Gasteiger partial charge is 0.246 e. The number of hydrogen-bond acceptors (Lipinski definition) is 5. The van der Waals surface area contributed by atoms with Crippen molar-refractivity contribution in [3.63, 3.8) is 0 Å². The lowest BCUT2D eigenvalue weighted by Gasteiger charge is -2.38. The molecule has 0 aromatic heterocycles. The maximum atomic E-state index is 13.4. The van der Waals surface area contributed by atoms with Gasteiger partial charge >= 0.3 is 0 Å². The highest BCUT2D eigenvalue weighted by Crippen LogP contribution is 2.28. The van der Waals surface area contributed by atoms with Crippen molar-refractivity contribution in [2.24, 2.45) is 0 Å². The monoisotopic (exact) mass is 431 g/mol. The number of benzene rings is 2. The van der Waals surface area contributed by atoms with Crippen molar-refractivity contribution >= 4 is 21.6 Å². The van der Waals surface area contributed by atoms with E-state index in [4.69, 9.17) is 4.74 Å². The maximum Gasteiger partial charge on any atom is 0.246 e. The standard InChI is InChI=1S/C22H29N3O4S/c1-3-29-20-13-9-8-12-19(20)23-22(26)21(18-10-6-5-7-11-18)24-14-16-25(17-15-24)30(27,28)4-2/h5-13,21H,3-4,14-17H2,1-2H3,(H,23,26). The second-order valence-electron chi connectivity index (χ2n) is 7.07. The molecule has 1 aliphatic rings. The molecule has 0 bridgehead atoms. The Labute approximate surface area is 178 Å². The molecule has 1 aliphatic heterocycles. The Morgan fingerprint density at radius 3 is 2.27 bits per heavy atom. The minimum absolute atomic E-state index is 0.0871. The highest BCUT2D eigenvalue weighted by molar-refractivity contribution is 7.89. The zero-order chi connectivity index (χ0) is 21.6. The number of amides is 1. The van der Waals surface area contributed by atoms with Crippen LogP contribution in [-0.4, -0.2) is 62.1 Å². The summed E-state index contributed by atoms with van der Waals surface area (Å²) in [5.74, 6) is 0.545. The van der Waals surface area contributed by atoms with E-state index in [1.807, 2.05) is 66.4 Å². The number of ether oxygens (including phenoxy) is 1. The van der Waals surface area contributed by atoms with Gasteiger partial charge in [0.2, 0.25) is 15.9 Å². The second-order valence-corrected chi connectivity index (χ2v) is 9.32. The number of carbonyl (C=O) groups excluding carboxylic acids is 1. The van der Waals surface area contributed by atoms with Crippen molar-refractivity contribution in [2.45, 2.75) is 19.9 Å². The Morgan fingerprint density at radius 2 is 1.63 bits per heavy atom. The normalized spacial score (nSPS) is 16.7. The summed E-state index contributed by atoms with van der Waals surface area (Å²) in [5, 5.41) is 3.01. The highest BCUT2D eigenvalue weighted by Gasteiger charge is 2.33. The fourth-order valence-corrected chi connectivity index (χ4v) is 4.72. The molecule has 3 rings (SSSR count). The van der Waals surface area contributed by atoms with Gasteiger partial charge in [-0.1, -0.05) is 42.5 Å². The Balaban J connectivity index is 1.82. The lowest BCUT2D eigenvalue weighted by Crippen LogP contribution is -2.51. The van der Waals surface area contributed by atoms with Crippen LogP contribution < -0.4 is 10.1 Å². The number of hydrogen-bond donors (Lipinski definition) is 1. The van der Waals surface area contributed by atoms with Gasteiger partial charge in [0, 0.05) is 26.2 Å². The number of rotatable bonds is 8. The van der Waals surface area contributed by atoms with Crippen LogP contribution in [-0.2, 0) is 14.8 Å². The molecule has 1 N–H and O–H groups in total. The third-order valence-corrected chi connectivity index (χ3v) is 7.09. The number of anilines is 1. The topological polar surface area (TPSA) is 79.0 Å². The van der Waals surface area contributed by atoms with Gasteiger partial charge in [0.1, 0.15) is 11.8 Å². The van der Waals surface area contributed by atoms with Gasteiger partial charge in [0.05, 0.1) is 18.0 Å². The van der Waals surface area contributed by atoms with E-state index in [2.05, 4.69) is 5.32 Å². The van der Waals surface area contributed by atoms with Gasteiger partial charge in [-0.2, -0.15) is 4.31 Å². The van der Waals surface area contributed by atoms with Crippen molar-refractivity contribution in [2.75, 3.05) is 43.9 Å². The highest BCUT2D eigenvalue weighted by atomic mass is 32.2. The number of nitrogens with zero attached hydrogens (tertiary/aromatic N) is 2. The number of carbonyl (C=O) groups is 1. The first-order valence-corrected chi connectivity index (χ1v) is 11.9. The summed E-state index contributed by atoms with van der Waals surface area (Å²) < 4.78 is 31.5. The van der Waals surface area contributed by atoms with Crippen LogP contribution in [0.1, 0.15) is 25.5 Å². The van der Waals surface area contributed by atoms with Crippen LogP contribution in [0.3, 0.4) is 0 Å². The van der Waals surface area contributed by atoms with Crippen molar-refractivity contribution in [3.8, 4) is 5.75 Å². The molecule has 1 saturated heterocycles. The molecule has 162 valence electrons. The molecule has 1 heterocycles. The Morgan fingerprint density at radius 1 is 1.00 bits per heavy atom. The summed E-state index contributed by atoms with van der Waals surface area (Å²) >= 11 is 0. The quantitative estimate of drug-likeness (QED) is 0.695. The number of para-hydroxylation sites is 2. The molecule has 1 fully saturated rings. The van der Waals surface area contributed by atoms with Crippen molar-refractivity contribution in [1.82, 2.24) is 9.21 Å². The largest absolute Gasteiger partial charge is 0.492 e. The summed E-state index contributed by atoms with van der Waals surface area (Å²) in [4.78, 5) is 15.4. The predicted octanol–water partition coefficient (Wildman–Crippen LogP) is 2.73. The number of piperazine rings is 1. The van der Waals surface area contributed by atoms with Gasteiger partial charge in [-0.15, -0.1) is 0 Å². The molecule has 2 aromatic rings. The molecule has 1 unspecified atom stereocenters. The summed E-state index contributed by atoms with van der Waals surface area (Å²) in [6.45, 7) is 5.78. The van der Waals surface area contributed by atoms with Crippen LogP contribution in [0.15, 0.2) is 54.6 Å². The van der Waals surface area contributed by atoms with Crippen molar-refractivity contribution < 1.29 is 17.9 Å². The zero-order valence-corrected chi connectivity index (χ0v) is 18.3. The van der Waals surface area contributed by atoms with Gasteiger partial charge in [-0.05, 0) is 31.5 Å². The van der Waals surface area contributed by atoms with E-state index in [1.165, 1.54) is 4.31 Å². The van der Waals surface area contributed by atoms with E-state index >= 15 is 0 Å². The first-order chi connectivity index (χ1) is 14.5. The second kappa shape index (κ2) is 10.1. The van der Waals surface area contributed by atoms with E-state index in [9.17, 15) is 13.2 Å². The first-order valence-electron chi connectivity index (χ1n) is 10.3. The molecule has 2 aromatic carbocycles. The van der Waals surface area contributed by atoms with Gasteiger partial charge in [0.15, 0.2) is 0 Å². The van der Waals surface area contributed by atoms with Crippen molar-refractivity contribution in [3.05, 3.63) is 60.2 Å². The SMILES string of the molecule is CCOc1ccccc1NC(=O)C(c1ccccc1)N1CCN(S(=O)(=O)CC)CC1. The fraction of sp³-hybridized carbons (Fsp3) is 0.409. The Bertz CT molecular complexity index is 942. The van der Waals surface area contributed by atoms with Crippen LogP contribution >= 0.6 is 0 Å². The van der Waals surface area contributed by atoms with E-state index in [0.29, 0.717) is 44.2 Å². The first kappa shape index (κ1) is 22.3. The van der Waals surface area contributed by atoms with Gasteiger partial charge in [-0.3, -0.25) is 9.69 Å². The minimum atomic E-state index is -3.23. The van der Waals surface area contributed by atoms with Crippen LogP contribution in [0.5, 0.6) is 5.75 Å². The lowest BCUT2D eigenvalue weighted by molar-refractivity contribution is -0.122. The maximum absolute atomic E-state index is 13.4. The molecular weight excluding hydrogens is 402 g/mol. The van der Waals surface area contributed by atoms with Crippen LogP contribution in [0.25, 0.3) is 0 Å². The van der Waals surface area contributed by atoms with Crippen LogP contribution in [0, 0.1) is 0 Å². The molecule has 0 saturated carbocycles. The predicted molar refractivity (Wildman–Crippen MR) is 118 cm³/mol. The van der Waals surface area contributed by atoms with E-state index in [0.717, 1.165) is 5.56 Å². The summed E-state index contributed by atoms with van der Waals surface area (Å²) in [5.41, 5.74) is 1.49. The van der Waals surface area contributed by atoms with Gasteiger partial charge < -0.3 is 10.1 Å². The van der Waals surface area contributed by atoms with Gasteiger partial charge in [0.25, 0.3) is 0 Å². The fourth-order valence-electron chi connectivity index (χ4n) is 3.64. The number of sulfonamides is 1. The third kappa shape index (κ3) is 5.19. The molecule has 1 amide bonds. The minimum Gasteiger partial charge on any atom is -0.492 e. The van der Waals surface area contributed by atoms with E-state index in [1.54, 1.807) is 6.92 Å². The average Bonchev–Trinajstić information content (AvgIpc) is 2.76. The average molecular weight is 432 g/mol. The lowest BCUT2D eigenvalue weighted by atomic mass is 10.0.